The van der Waals surface area contributed by atoms with Crippen molar-refractivity contribution < 1.29 is 9.45 Å². The smallest absolute Gasteiger partial charge is 0.349 e. The van der Waals surface area contributed by atoms with Gasteiger partial charge < -0.3 is 4.65 Å². The molecule has 0 aromatic heterocycles. The third-order valence-electron chi connectivity index (χ3n) is 5.56. The van der Waals surface area contributed by atoms with Crippen LogP contribution in [0, 0.1) is 5.92 Å². The van der Waals surface area contributed by atoms with Crippen LogP contribution in [0.5, 0.6) is 0 Å². The maximum atomic E-state index is 12.4. The summed E-state index contributed by atoms with van der Waals surface area (Å²) < 4.78 is 5.78. The summed E-state index contributed by atoms with van der Waals surface area (Å²) in [6.07, 6.45) is 17.6. The van der Waals surface area contributed by atoms with Crippen molar-refractivity contribution in [2.45, 2.75) is 102 Å². The third kappa shape index (κ3) is 6.04. The largest absolute Gasteiger partial charge is 0.539 e. The standard InChI is InChI=1S/C18H33BO2/c1-18(14-10-6-3-7-11-15-18)19-21-17(20)16-12-8-4-2-5-9-13-16/h16,19H,2-15H2,1H3. The van der Waals surface area contributed by atoms with E-state index in [2.05, 4.69) is 6.92 Å². The summed E-state index contributed by atoms with van der Waals surface area (Å²) in [4.78, 5) is 12.4. The molecule has 0 heterocycles. The first kappa shape index (κ1) is 16.9. The molecule has 3 heteroatoms. The molecule has 0 unspecified atom stereocenters. The topological polar surface area (TPSA) is 26.3 Å². The molecule has 0 bridgehead atoms. The minimum absolute atomic E-state index is 0.0974. The zero-order valence-corrected chi connectivity index (χ0v) is 14.0. The highest BCUT2D eigenvalue weighted by atomic mass is 16.5. The lowest BCUT2D eigenvalue weighted by Crippen LogP contribution is -2.27. The van der Waals surface area contributed by atoms with E-state index in [-0.39, 0.29) is 17.2 Å². The van der Waals surface area contributed by atoms with Crippen molar-refractivity contribution in [2.75, 3.05) is 0 Å². The maximum Gasteiger partial charge on any atom is 0.349 e. The molecular weight excluding hydrogens is 259 g/mol. The van der Waals surface area contributed by atoms with Crippen molar-refractivity contribution in [3.8, 4) is 0 Å². The van der Waals surface area contributed by atoms with Gasteiger partial charge in [0.05, 0.1) is 5.92 Å². The molecule has 0 N–H and O–H groups in total. The van der Waals surface area contributed by atoms with Crippen molar-refractivity contribution in [3.05, 3.63) is 0 Å². The fraction of sp³-hybridized carbons (Fsp3) is 0.944. The summed E-state index contributed by atoms with van der Waals surface area (Å²) in [6.45, 7) is 2.32. The van der Waals surface area contributed by atoms with Gasteiger partial charge in [0.2, 0.25) is 0 Å². The van der Waals surface area contributed by atoms with Gasteiger partial charge in [-0.25, -0.2) is 0 Å². The van der Waals surface area contributed by atoms with Crippen molar-refractivity contribution in [3.63, 3.8) is 0 Å². The Balaban J connectivity index is 1.77. The average molecular weight is 292 g/mol. The van der Waals surface area contributed by atoms with Crippen LogP contribution in [0.1, 0.15) is 96.8 Å². The highest BCUT2D eigenvalue weighted by Crippen LogP contribution is 2.39. The van der Waals surface area contributed by atoms with Gasteiger partial charge in [-0.05, 0) is 18.2 Å². The molecule has 2 aliphatic carbocycles. The normalized spacial score (nSPS) is 25.0. The summed E-state index contributed by atoms with van der Waals surface area (Å²) in [5, 5.41) is 0.234. The highest BCUT2D eigenvalue weighted by molar-refractivity contribution is 6.35. The molecule has 0 atom stereocenters. The molecule has 0 spiro atoms. The first-order valence-electron chi connectivity index (χ1n) is 9.36. The van der Waals surface area contributed by atoms with Crippen LogP contribution in [-0.2, 0) is 9.45 Å². The van der Waals surface area contributed by atoms with Crippen LogP contribution in [-0.4, -0.2) is 13.5 Å². The van der Waals surface area contributed by atoms with Crippen LogP contribution >= 0.6 is 0 Å². The van der Waals surface area contributed by atoms with Gasteiger partial charge in [0.1, 0.15) is 0 Å². The average Bonchev–Trinajstić information content (AvgIpc) is 2.41. The molecule has 120 valence electrons. The first-order valence-corrected chi connectivity index (χ1v) is 9.36. The second kappa shape index (κ2) is 8.85. The van der Waals surface area contributed by atoms with Crippen LogP contribution in [0.3, 0.4) is 0 Å². The van der Waals surface area contributed by atoms with Gasteiger partial charge in [-0.2, -0.15) is 0 Å². The third-order valence-corrected chi connectivity index (χ3v) is 5.56. The van der Waals surface area contributed by atoms with Crippen LogP contribution in [0.4, 0.5) is 0 Å². The number of hydrogen-bond acceptors (Lipinski definition) is 2. The van der Waals surface area contributed by atoms with Crippen LogP contribution in [0.15, 0.2) is 0 Å². The minimum atomic E-state index is 0.0974. The summed E-state index contributed by atoms with van der Waals surface area (Å²) in [7, 11) is 0.655. The van der Waals surface area contributed by atoms with E-state index in [1.165, 1.54) is 77.0 Å². The molecule has 0 aromatic rings. The number of rotatable bonds is 3. The Morgan fingerprint density at radius 3 is 1.90 bits per heavy atom. The number of carbonyl (C=O) groups is 1. The van der Waals surface area contributed by atoms with Crippen molar-refractivity contribution >= 4 is 13.5 Å². The van der Waals surface area contributed by atoms with E-state index < -0.39 is 0 Å². The highest BCUT2D eigenvalue weighted by Gasteiger charge is 2.30. The zero-order valence-electron chi connectivity index (χ0n) is 14.0. The molecular formula is C18H33BO2. The maximum absolute atomic E-state index is 12.4. The Morgan fingerprint density at radius 1 is 0.857 bits per heavy atom. The van der Waals surface area contributed by atoms with E-state index in [1.54, 1.807) is 0 Å². The van der Waals surface area contributed by atoms with Crippen molar-refractivity contribution in [1.29, 1.82) is 0 Å². The fourth-order valence-electron chi connectivity index (χ4n) is 3.96. The monoisotopic (exact) mass is 292 g/mol. The zero-order chi connectivity index (χ0) is 15.0. The Hall–Kier alpha value is -0.465. The van der Waals surface area contributed by atoms with Crippen LogP contribution in [0.2, 0.25) is 5.31 Å². The first-order chi connectivity index (χ1) is 10.2. The van der Waals surface area contributed by atoms with Gasteiger partial charge in [-0.1, -0.05) is 84.0 Å². The van der Waals surface area contributed by atoms with Crippen LogP contribution in [0.25, 0.3) is 0 Å². The predicted molar refractivity (Wildman–Crippen MR) is 89.7 cm³/mol. The lowest BCUT2D eigenvalue weighted by atomic mass is 9.59. The van der Waals surface area contributed by atoms with Gasteiger partial charge in [0.25, 0.3) is 5.97 Å². The van der Waals surface area contributed by atoms with Gasteiger partial charge in [0.15, 0.2) is 0 Å². The SMILES string of the molecule is CC1(BOC(=O)C2CCCCCCC2)CCCCCCC1. The Kier molecular flexibility index (Phi) is 7.12. The Bertz CT molecular complexity index is 300. The van der Waals surface area contributed by atoms with E-state index in [1.807, 2.05) is 0 Å². The van der Waals surface area contributed by atoms with E-state index in [0.717, 1.165) is 12.8 Å². The molecule has 0 radical (unpaired) electrons. The van der Waals surface area contributed by atoms with Gasteiger partial charge in [0, 0.05) is 0 Å². The molecule has 2 rings (SSSR count). The Morgan fingerprint density at radius 2 is 1.33 bits per heavy atom. The van der Waals surface area contributed by atoms with Crippen molar-refractivity contribution in [1.82, 2.24) is 0 Å². The second-order valence-corrected chi connectivity index (χ2v) is 7.73. The van der Waals surface area contributed by atoms with Gasteiger partial charge >= 0.3 is 7.48 Å². The second-order valence-electron chi connectivity index (χ2n) is 7.73. The predicted octanol–water partition coefficient (Wildman–Crippen LogP) is 5.16. The van der Waals surface area contributed by atoms with E-state index in [4.69, 9.17) is 4.65 Å². The summed E-state index contributed by atoms with van der Waals surface area (Å²) >= 11 is 0. The summed E-state index contributed by atoms with van der Waals surface area (Å²) in [6, 6.07) is 0. The summed E-state index contributed by atoms with van der Waals surface area (Å²) in [5.41, 5.74) is 0. The van der Waals surface area contributed by atoms with Gasteiger partial charge in [-0.3, -0.25) is 4.79 Å². The van der Waals surface area contributed by atoms with Crippen LogP contribution < -0.4 is 0 Å². The number of carbonyl (C=O) groups excluding carboxylic acids is 1. The van der Waals surface area contributed by atoms with Crippen molar-refractivity contribution in [2.24, 2.45) is 5.92 Å². The van der Waals surface area contributed by atoms with E-state index >= 15 is 0 Å². The molecule has 0 aromatic carbocycles. The molecule has 0 saturated heterocycles. The molecule has 0 amide bonds. The molecule has 2 aliphatic rings. The minimum Gasteiger partial charge on any atom is -0.539 e. The molecule has 2 saturated carbocycles. The number of hydrogen-bond donors (Lipinski definition) is 0. The van der Waals surface area contributed by atoms with E-state index in [9.17, 15) is 4.79 Å². The lowest BCUT2D eigenvalue weighted by molar-refractivity contribution is -0.139. The lowest BCUT2D eigenvalue weighted by Gasteiger charge is -2.30. The Labute approximate surface area is 131 Å². The molecule has 0 aliphatic heterocycles. The molecule has 21 heavy (non-hydrogen) atoms. The fourth-order valence-corrected chi connectivity index (χ4v) is 3.96. The quantitative estimate of drug-likeness (QED) is 0.671. The molecule has 2 fully saturated rings. The molecule has 2 nitrogen and oxygen atoms in total. The van der Waals surface area contributed by atoms with E-state index in [0.29, 0.717) is 7.48 Å². The van der Waals surface area contributed by atoms with Gasteiger partial charge in [-0.15, -0.1) is 0 Å². The summed E-state index contributed by atoms with van der Waals surface area (Å²) in [5.74, 6) is 0.280.